The quantitative estimate of drug-likeness (QED) is 0.128. The molecule has 0 saturated carbocycles. The largest absolute Gasteiger partial charge is 0.497 e. The first kappa shape index (κ1) is 31.9. The highest BCUT2D eigenvalue weighted by Crippen LogP contribution is 2.29. The SMILES string of the molecule is COc1ccc(-c2nc(CCOc3ccc(CC(N/C(C)=C\C(=O)c4ccc(C(F)(F)F)cc4)C(=O)O)cc3)c(C)o2)cc1. The van der Waals surface area contributed by atoms with Crippen molar-refractivity contribution in [3.63, 3.8) is 0 Å². The number of carbonyl (C=O) groups is 2. The van der Waals surface area contributed by atoms with E-state index < -0.39 is 29.5 Å². The molecule has 230 valence electrons. The number of nitrogens with one attached hydrogen (secondary N) is 1. The van der Waals surface area contributed by atoms with Crippen molar-refractivity contribution < 1.29 is 41.8 Å². The minimum absolute atomic E-state index is 0.0537. The Morgan fingerprint density at radius 3 is 2.23 bits per heavy atom. The van der Waals surface area contributed by atoms with E-state index in [-0.39, 0.29) is 17.7 Å². The number of hydrogen-bond acceptors (Lipinski definition) is 7. The van der Waals surface area contributed by atoms with Gasteiger partial charge in [-0.15, -0.1) is 0 Å². The van der Waals surface area contributed by atoms with Gasteiger partial charge in [0.1, 0.15) is 23.3 Å². The fourth-order valence-corrected chi connectivity index (χ4v) is 4.36. The Balaban J connectivity index is 1.30. The molecule has 0 saturated heterocycles. The number of aliphatic carboxylic acids is 1. The summed E-state index contributed by atoms with van der Waals surface area (Å²) in [5, 5.41) is 12.5. The number of ketones is 1. The predicted molar refractivity (Wildman–Crippen MR) is 157 cm³/mol. The van der Waals surface area contributed by atoms with Crippen LogP contribution in [0, 0.1) is 6.92 Å². The molecule has 11 heteroatoms. The number of allylic oxidation sites excluding steroid dienone is 2. The van der Waals surface area contributed by atoms with E-state index in [0.29, 0.717) is 30.4 Å². The van der Waals surface area contributed by atoms with Crippen molar-refractivity contribution in [1.82, 2.24) is 10.3 Å². The van der Waals surface area contributed by atoms with Gasteiger partial charge in [0, 0.05) is 35.7 Å². The molecule has 4 rings (SSSR count). The summed E-state index contributed by atoms with van der Waals surface area (Å²) in [4.78, 5) is 29.0. The zero-order valence-corrected chi connectivity index (χ0v) is 24.3. The summed E-state index contributed by atoms with van der Waals surface area (Å²) in [5.41, 5.74) is 1.79. The summed E-state index contributed by atoms with van der Waals surface area (Å²) in [5.74, 6) is 0.879. The van der Waals surface area contributed by atoms with E-state index in [4.69, 9.17) is 13.9 Å². The van der Waals surface area contributed by atoms with Crippen LogP contribution in [-0.4, -0.2) is 41.6 Å². The maximum absolute atomic E-state index is 12.8. The molecule has 0 amide bonds. The van der Waals surface area contributed by atoms with Gasteiger partial charge in [-0.05, 0) is 67.9 Å². The molecule has 44 heavy (non-hydrogen) atoms. The average Bonchev–Trinajstić information content (AvgIpc) is 3.37. The Kier molecular flexibility index (Phi) is 10.1. The van der Waals surface area contributed by atoms with E-state index in [1.54, 1.807) is 31.4 Å². The summed E-state index contributed by atoms with van der Waals surface area (Å²) in [6, 6.07) is 17.2. The molecule has 0 aliphatic heterocycles. The molecule has 0 radical (unpaired) electrons. The van der Waals surface area contributed by atoms with Crippen molar-refractivity contribution in [3.05, 3.63) is 113 Å². The number of nitrogens with zero attached hydrogens (tertiary/aromatic N) is 1. The smallest absolute Gasteiger partial charge is 0.416 e. The van der Waals surface area contributed by atoms with Gasteiger partial charge in [-0.1, -0.05) is 24.3 Å². The third-order valence-electron chi connectivity index (χ3n) is 6.74. The van der Waals surface area contributed by atoms with Crippen LogP contribution in [0.5, 0.6) is 11.5 Å². The van der Waals surface area contributed by atoms with Gasteiger partial charge in [-0.25, -0.2) is 9.78 Å². The molecule has 4 aromatic rings. The Labute approximate surface area is 252 Å². The maximum atomic E-state index is 12.8. The number of methoxy groups -OCH3 is 1. The monoisotopic (exact) mass is 608 g/mol. The molecular formula is C33H31F3N2O6. The van der Waals surface area contributed by atoms with Crippen LogP contribution in [0.3, 0.4) is 0 Å². The minimum atomic E-state index is -4.51. The van der Waals surface area contributed by atoms with Crippen LogP contribution in [0.25, 0.3) is 11.5 Å². The lowest BCUT2D eigenvalue weighted by molar-refractivity contribution is -0.139. The summed E-state index contributed by atoms with van der Waals surface area (Å²) in [6.07, 6.45) is -2.71. The number of hydrogen-bond donors (Lipinski definition) is 2. The fourth-order valence-electron chi connectivity index (χ4n) is 4.36. The molecule has 0 aliphatic carbocycles. The van der Waals surface area contributed by atoms with Gasteiger partial charge in [0.05, 0.1) is 25.0 Å². The van der Waals surface area contributed by atoms with E-state index in [1.807, 2.05) is 31.2 Å². The second-order valence-corrected chi connectivity index (χ2v) is 10.00. The molecule has 8 nitrogen and oxygen atoms in total. The van der Waals surface area contributed by atoms with E-state index in [9.17, 15) is 27.9 Å². The zero-order valence-electron chi connectivity index (χ0n) is 24.3. The van der Waals surface area contributed by atoms with Crippen molar-refractivity contribution in [2.24, 2.45) is 0 Å². The number of alkyl halides is 3. The number of carboxylic acids is 1. The molecule has 0 aliphatic rings. The van der Waals surface area contributed by atoms with Gasteiger partial charge in [0.25, 0.3) is 0 Å². The zero-order chi connectivity index (χ0) is 31.9. The first-order chi connectivity index (χ1) is 20.9. The summed E-state index contributed by atoms with van der Waals surface area (Å²) in [7, 11) is 1.60. The summed E-state index contributed by atoms with van der Waals surface area (Å²) >= 11 is 0. The maximum Gasteiger partial charge on any atom is 0.416 e. The number of carbonyl (C=O) groups excluding carboxylic acids is 1. The van der Waals surface area contributed by atoms with Crippen LogP contribution in [-0.2, 0) is 23.8 Å². The van der Waals surface area contributed by atoms with Gasteiger partial charge in [0.2, 0.25) is 5.89 Å². The lowest BCUT2D eigenvalue weighted by atomic mass is 10.0. The second kappa shape index (κ2) is 13.9. The number of aryl methyl sites for hydroxylation is 1. The fraction of sp³-hybridized carbons (Fsp3) is 0.242. The molecule has 0 bridgehead atoms. The summed E-state index contributed by atoms with van der Waals surface area (Å²) in [6.45, 7) is 3.72. The number of oxazole rings is 1. The van der Waals surface area contributed by atoms with Crippen molar-refractivity contribution >= 4 is 11.8 Å². The molecule has 1 atom stereocenters. The summed E-state index contributed by atoms with van der Waals surface area (Å²) < 4.78 is 55.2. The van der Waals surface area contributed by atoms with Crippen LogP contribution in [0.1, 0.15) is 39.9 Å². The molecule has 2 N–H and O–H groups in total. The molecule has 1 heterocycles. The number of halogens is 3. The van der Waals surface area contributed by atoms with Crippen molar-refractivity contribution in [1.29, 1.82) is 0 Å². The third-order valence-corrected chi connectivity index (χ3v) is 6.74. The molecule has 0 fully saturated rings. The number of aromatic nitrogens is 1. The topological polar surface area (TPSA) is 111 Å². The second-order valence-electron chi connectivity index (χ2n) is 10.00. The number of ether oxygens (including phenoxy) is 2. The average molecular weight is 609 g/mol. The van der Waals surface area contributed by atoms with Crippen molar-refractivity contribution in [3.8, 4) is 23.0 Å². The van der Waals surface area contributed by atoms with E-state index >= 15 is 0 Å². The molecule has 1 unspecified atom stereocenters. The lowest BCUT2D eigenvalue weighted by Crippen LogP contribution is -2.37. The molecular weight excluding hydrogens is 577 g/mol. The minimum Gasteiger partial charge on any atom is -0.497 e. The van der Waals surface area contributed by atoms with Gasteiger partial charge in [-0.3, -0.25) is 4.79 Å². The van der Waals surface area contributed by atoms with E-state index in [0.717, 1.165) is 52.9 Å². The Morgan fingerprint density at radius 1 is 1.00 bits per heavy atom. The highest BCUT2D eigenvalue weighted by molar-refractivity contribution is 6.04. The van der Waals surface area contributed by atoms with Crippen molar-refractivity contribution in [2.45, 2.75) is 38.9 Å². The lowest BCUT2D eigenvalue weighted by Gasteiger charge is -2.16. The Bertz CT molecular complexity index is 1610. The normalized spacial score (nSPS) is 12.5. The predicted octanol–water partition coefficient (Wildman–Crippen LogP) is 6.67. The number of rotatable bonds is 13. The molecule has 3 aromatic carbocycles. The highest BCUT2D eigenvalue weighted by Gasteiger charge is 2.30. The molecule has 1 aromatic heterocycles. The molecule has 0 spiro atoms. The van der Waals surface area contributed by atoms with Gasteiger partial charge in [0.15, 0.2) is 5.78 Å². The van der Waals surface area contributed by atoms with E-state index in [1.165, 1.54) is 6.92 Å². The highest BCUT2D eigenvalue weighted by atomic mass is 19.4. The van der Waals surface area contributed by atoms with Crippen LogP contribution in [0.4, 0.5) is 13.2 Å². The Hall–Kier alpha value is -5.06. The van der Waals surface area contributed by atoms with Gasteiger partial charge in [-0.2, -0.15) is 13.2 Å². The van der Waals surface area contributed by atoms with Crippen LogP contribution < -0.4 is 14.8 Å². The van der Waals surface area contributed by atoms with Crippen LogP contribution in [0.2, 0.25) is 0 Å². The third kappa shape index (κ3) is 8.50. The van der Waals surface area contributed by atoms with Crippen molar-refractivity contribution in [2.75, 3.05) is 13.7 Å². The first-order valence-corrected chi connectivity index (χ1v) is 13.6. The standard InChI is InChI=1S/C33H31F3N2O6/c1-20(18-30(39)23-6-10-25(11-7-23)33(34,35)36)37-29(32(40)41)19-22-4-12-27(13-5-22)43-17-16-28-21(2)44-31(38-28)24-8-14-26(42-3)15-9-24/h4-15,18,29,37H,16-17,19H2,1-3H3,(H,40,41)/b20-18-. The van der Waals surface area contributed by atoms with Gasteiger partial charge >= 0.3 is 12.1 Å². The van der Waals surface area contributed by atoms with E-state index in [2.05, 4.69) is 10.3 Å². The Morgan fingerprint density at radius 2 is 1.64 bits per heavy atom. The van der Waals surface area contributed by atoms with Crippen LogP contribution >= 0.6 is 0 Å². The van der Waals surface area contributed by atoms with Crippen LogP contribution in [0.15, 0.2) is 89.0 Å². The first-order valence-electron chi connectivity index (χ1n) is 13.6. The number of benzene rings is 3. The van der Waals surface area contributed by atoms with Gasteiger partial charge < -0.3 is 24.3 Å². The number of carboxylic acid groups (broad SMARTS) is 1.